The summed E-state index contributed by atoms with van der Waals surface area (Å²) in [7, 11) is 0. The Morgan fingerprint density at radius 1 is 1.16 bits per heavy atom. The van der Waals surface area contributed by atoms with Crippen molar-refractivity contribution in [1.29, 1.82) is 0 Å². The highest BCUT2D eigenvalue weighted by atomic mass is 19.4. The van der Waals surface area contributed by atoms with E-state index in [1.165, 1.54) is 12.1 Å². The first-order valence-electron chi connectivity index (χ1n) is 6.00. The number of ether oxygens (including phenoxy) is 2. The summed E-state index contributed by atoms with van der Waals surface area (Å²) in [5.74, 6) is -0.246. The number of hydrogen-bond donors (Lipinski definition) is 1. The minimum atomic E-state index is -4.51. The van der Waals surface area contributed by atoms with Gasteiger partial charge in [-0.15, -0.1) is 0 Å². The number of aliphatic hydroxyl groups excluding tert-OH is 1. The first-order chi connectivity index (χ1) is 8.99. The summed E-state index contributed by atoms with van der Waals surface area (Å²) >= 11 is 0. The molecule has 0 bridgehead atoms. The van der Waals surface area contributed by atoms with Crippen LogP contribution in [0.2, 0.25) is 0 Å². The maximum atomic E-state index is 12.8. The van der Waals surface area contributed by atoms with E-state index >= 15 is 0 Å². The molecule has 0 amide bonds. The lowest BCUT2D eigenvalue weighted by molar-refractivity contribution is -0.139. The number of benzene rings is 1. The fraction of sp³-hybridized carbons (Fsp3) is 0.538. The lowest BCUT2D eigenvalue weighted by Gasteiger charge is -2.15. The van der Waals surface area contributed by atoms with Crippen LogP contribution in [0.4, 0.5) is 13.2 Å². The summed E-state index contributed by atoms with van der Waals surface area (Å²) in [6.07, 6.45) is -3.66. The van der Waals surface area contributed by atoms with Crippen LogP contribution in [0.1, 0.15) is 24.5 Å². The Morgan fingerprint density at radius 2 is 1.89 bits per heavy atom. The van der Waals surface area contributed by atoms with Gasteiger partial charge in [0.2, 0.25) is 0 Å². The predicted molar refractivity (Wildman–Crippen MR) is 64.0 cm³/mol. The van der Waals surface area contributed by atoms with Crippen molar-refractivity contribution in [3.05, 3.63) is 29.3 Å². The zero-order valence-electron chi connectivity index (χ0n) is 10.7. The number of halogens is 3. The lowest BCUT2D eigenvalue weighted by Crippen LogP contribution is -2.12. The Kier molecular flexibility index (Phi) is 6.11. The van der Waals surface area contributed by atoms with Gasteiger partial charge in [0.25, 0.3) is 0 Å². The van der Waals surface area contributed by atoms with Gasteiger partial charge in [-0.2, -0.15) is 13.2 Å². The van der Waals surface area contributed by atoms with Crippen LogP contribution in [0.5, 0.6) is 5.75 Å². The van der Waals surface area contributed by atoms with E-state index in [0.29, 0.717) is 6.61 Å². The van der Waals surface area contributed by atoms with E-state index in [1.807, 2.05) is 6.92 Å². The Labute approximate surface area is 110 Å². The maximum Gasteiger partial charge on any atom is 0.419 e. The summed E-state index contributed by atoms with van der Waals surface area (Å²) in [4.78, 5) is 0. The van der Waals surface area contributed by atoms with E-state index in [-0.39, 0.29) is 24.5 Å². The summed E-state index contributed by atoms with van der Waals surface area (Å²) in [5, 5.41) is 8.86. The topological polar surface area (TPSA) is 38.7 Å². The van der Waals surface area contributed by atoms with Gasteiger partial charge in [0.15, 0.2) is 0 Å². The molecule has 0 aliphatic carbocycles. The SMILES string of the molecule is CCCOCCOc1ccc(CO)cc1C(F)(F)F. The fourth-order valence-corrected chi connectivity index (χ4v) is 1.48. The Balaban J connectivity index is 2.71. The highest BCUT2D eigenvalue weighted by Gasteiger charge is 2.34. The average molecular weight is 278 g/mol. The number of hydrogen-bond acceptors (Lipinski definition) is 3. The minimum absolute atomic E-state index is 0.0571. The molecule has 0 aliphatic rings. The van der Waals surface area contributed by atoms with E-state index in [0.717, 1.165) is 12.5 Å². The van der Waals surface area contributed by atoms with E-state index in [2.05, 4.69) is 0 Å². The number of aliphatic hydroxyl groups is 1. The summed E-state index contributed by atoms with van der Waals surface area (Å²) in [6, 6.07) is 3.51. The van der Waals surface area contributed by atoms with Gasteiger partial charge in [0.1, 0.15) is 12.4 Å². The molecule has 0 fully saturated rings. The molecular formula is C13H17F3O3. The fourth-order valence-electron chi connectivity index (χ4n) is 1.48. The van der Waals surface area contributed by atoms with Gasteiger partial charge in [-0.25, -0.2) is 0 Å². The van der Waals surface area contributed by atoms with E-state index in [4.69, 9.17) is 14.6 Å². The van der Waals surface area contributed by atoms with Gasteiger partial charge in [0.05, 0.1) is 18.8 Å². The van der Waals surface area contributed by atoms with Crippen molar-refractivity contribution >= 4 is 0 Å². The number of alkyl halides is 3. The van der Waals surface area contributed by atoms with Gasteiger partial charge in [-0.1, -0.05) is 13.0 Å². The second-order valence-electron chi connectivity index (χ2n) is 3.95. The summed E-state index contributed by atoms with van der Waals surface area (Å²) in [5.41, 5.74) is -0.684. The minimum Gasteiger partial charge on any atom is -0.491 e. The highest BCUT2D eigenvalue weighted by Crippen LogP contribution is 2.36. The molecule has 0 aliphatic heterocycles. The van der Waals surface area contributed by atoms with Crippen molar-refractivity contribution in [2.45, 2.75) is 26.1 Å². The van der Waals surface area contributed by atoms with Crippen LogP contribution < -0.4 is 4.74 Å². The molecule has 0 aromatic heterocycles. The van der Waals surface area contributed by atoms with Crippen molar-refractivity contribution in [3.8, 4) is 5.75 Å². The molecule has 6 heteroatoms. The Bertz CT molecular complexity index is 391. The van der Waals surface area contributed by atoms with Gasteiger partial charge in [0, 0.05) is 6.61 Å². The molecule has 0 unspecified atom stereocenters. The molecule has 0 radical (unpaired) electrons. The molecule has 0 saturated carbocycles. The molecular weight excluding hydrogens is 261 g/mol. The summed E-state index contributed by atoms with van der Waals surface area (Å²) < 4.78 is 48.6. The zero-order chi connectivity index (χ0) is 14.3. The van der Waals surface area contributed by atoms with Crippen molar-refractivity contribution in [2.75, 3.05) is 19.8 Å². The van der Waals surface area contributed by atoms with Crippen LogP contribution in [0.15, 0.2) is 18.2 Å². The van der Waals surface area contributed by atoms with Crippen LogP contribution in [0.25, 0.3) is 0 Å². The average Bonchev–Trinajstić information content (AvgIpc) is 2.37. The molecule has 1 N–H and O–H groups in total. The first-order valence-corrected chi connectivity index (χ1v) is 6.00. The summed E-state index contributed by atoms with van der Waals surface area (Å²) in [6.45, 7) is 2.35. The largest absolute Gasteiger partial charge is 0.491 e. The van der Waals surface area contributed by atoms with Crippen molar-refractivity contribution < 1.29 is 27.8 Å². The van der Waals surface area contributed by atoms with Crippen LogP contribution in [-0.2, 0) is 17.5 Å². The molecule has 1 aromatic carbocycles. The predicted octanol–water partition coefficient (Wildman–Crippen LogP) is 3.00. The smallest absolute Gasteiger partial charge is 0.419 e. The maximum absolute atomic E-state index is 12.8. The molecule has 1 aromatic rings. The molecule has 0 atom stereocenters. The third kappa shape index (κ3) is 5.08. The molecule has 3 nitrogen and oxygen atoms in total. The van der Waals surface area contributed by atoms with E-state index in [1.54, 1.807) is 0 Å². The van der Waals surface area contributed by atoms with Crippen molar-refractivity contribution in [1.82, 2.24) is 0 Å². The van der Waals surface area contributed by atoms with E-state index < -0.39 is 18.3 Å². The second kappa shape index (κ2) is 7.35. The molecule has 1 rings (SSSR count). The molecule has 0 heterocycles. The first kappa shape index (κ1) is 15.8. The Morgan fingerprint density at radius 3 is 2.47 bits per heavy atom. The van der Waals surface area contributed by atoms with Gasteiger partial charge in [-0.3, -0.25) is 0 Å². The van der Waals surface area contributed by atoms with E-state index in [9.17, 15) is 13.2 Å². The van der Waals surface area contributed by atoms with Crippen LogP contribution in [0.3, 0.4) is 0 Å². The third-order valence-corrected chi connectivity index (χ3v) is 2.37. The van der Waals surface area contributed by atoms with Crippen LogP contribution in [-0.4, -0.2) is 24.9 Å². The van der Waals surface area contributed by atoms with Crippen LogP contribution >= 0.6 is 0 Å². The molecule has 108 valence electrons. The van der Waals surface area contributed by atoms with Gasteiger partial charge in [-0.05, 0) is 24.1 Å². The number of rotatable bonds is 7. The van der Waals surface area contributed by atoms with Crippen molar-refractivity contribution in [2.24, 2.45) is 0 Å². The van der Waals surface area contributed by atoms with Gasteiger partial charge >= 0.3 is 6.18 Å². The molecule has 19 heavy (non-hydrogen) atoms. The molecule has 0 spiro atoms. The standard InChI is InChI=1S/C13H17F3O3/c1-2-5-18-6-7-19-12-4-3-10(9-17)8-11(12)13(14,15)16/h3-4,8,17H,2,5-7,9H2,1H3. The normalized spacial score (nSPS) is 11.6. The zero-order valence-corrected chi connectivity index (χ0v) is 10.7. The quantitative estimate of drug-likeness (QED) is 0.779. The highest BCUT2D eigenvalue weighted by molar-refractivity contribution is 5.39. The molecule has 0 saturated heterocycles. The van der Waals surface area contributed by atoms with Crippen molar-refractivity contribution in [3.63, 3.8) is 0 Å². The third-order valence-electron chi connectivity index (χ3n) is 2.37. The monoisotopic (exact) mass is 278 g/mol. The lowest BCUT2D eigenvalue weighted by atomic mass is 10.1. The van der Waals surface area contributed by atoms with Gasteiger partial charge < -0.3 is 14.6 Å². The Hall–Kier alpha value is -1.27. The van der Waals surface area contributed by atoms with Crippen LogP contribution in [0, 0.1) is 0 Å². The second-order valence-corrected chi connectivity index (χ2v) is 3.95.